The van der Waals surface area contributed by atoms with Crippen molar-refractivity contribution in [3.63, 3.8) is 0 Å². The minimum absolute atomic E-state index is 0.521. The maximum Gasteiger partial charge on any atom is 0.139 e. The molecule has 0 atom stereocenters. The van der Waals surface area contributed by atoms with Gasteiger partial charge in [0.1, 0.15) is 11.4 Å². The highest BCUT2D eigenvalue weighted by atomic mass is 16.5. The van der Waals surface area contributed by atoms with Gasteiger partial charge in [0.2, 0.25) is 0 Å². The molecule has 0 bridgehead atoms. The fourth-order valence-electron chi connectivity index (χ4n) is 3.70. The first-order chi connectivity index (χ1) is 13.8. The number of hydrogen-bond donors (Lipinski definition) is 3. The second-order valence-electron chi connectivity index (χ2n) is 7.15. The van der Waals surface area contributed by atoms with Crippen LogP contribution in [0.1, 0.15) is 37.7 Å². The van der Waals surface area contributed by atoms with Gasteiger partial charge < -0.3 is 20.4 Å². The van der Waals surface area contributed by atoms with Gasteiger partial charge in [0.25, 0.3) is 0 Å². The summed E-state index contributed by atoms with van der Waals surface area (Å²) in [5.74, 6) is 7.38. The van der Waals surface area contributed by atoms with E-state index in [-0.39, 0.29) is 0 Å². The first kappa shape index (κ1) is 18.2. The van der Waals surface area contributed by atoms with Crippen LogP contribution in [0.3, 0.4) is 0 Å². The molecular weight excluding hydrogens is 348 g/mol. The monoisotopic (exact) mass is 374 g/mol. The third-order valence-corrected chi connectivity index (χ3v) is 5.23. The highest BCUT2D eigenvalue weighted by molar-refractivity contribution is 5.92. The van der Waals surface area contributed by atoms with Crippen molar-refractivity contribution in [3.8, 4) is 17.6 Å². The van der Waals surface area contributed by atoms with Crippen LogP contribution in [0.2, 0.25) is 0 Å². The van der Waals surface area contributed by atoms with Crippen LogP contribution in [0, 0.1) is 11.8 Å². The van der Waals surface area contributed by atoms with Crippen LogP contribution < -0.4 is 15.4 Å². The summed E-state index contributed by atoms with van der Waals surface area (Å²) in [6, 6.07) is 10.5. The molecule has 0 spiro atoms. The summed E-state index contributed by atoms with van der Waals surface area (Å²) >= 11 is 0. The number of nitrogens with zero attached hydrogens (tertiary/aromatic N) is 1. The zero-order valence-corrected chi connectivity index (χ0v) is 16.2. The van der Waals surface area contributed by atoms with E-state index in [1.807, 2.05) is 36.7 Å². The number of nitrogens with one attached hydrogen (secondary N) is 3. The lowest BCUT2D eigenvalue weighted by atomic mass is 9.95. The molecule has 5 nitrogen and oxygen atoms in total. The van der Waals surface area contributed by atoms with Gasteiger partial charge in [-0.25, -0.2) is 4.98 Å². The van der Waals surface area contributed by atoms with E-state index < -0.39 is 0 Å². The van der Waals surface area contributed by atoms with Crippen molar-refractivity contribution in [2.75, 3.05) is 24.3 Å². The molecule has 0 saturated heterocycles. The summed E-state index contributed by atoms with van der Waals surface area (Å²) in [5, 5.41) is 8.19. The summed E-state index contributed by atoms with van der Waals surface area (Å²) < 4.78 is 5.18. The number of fused-ring (bicyclic) bond motifs is 1. The van der Waals surface area contributed by atoms with Gasteiger partial charge in [0, 0.05) is 29.5 Å². The van der Waals surface area contributed by atoms with Gasteiger partial charge in [0.05, 0.1) is 24.9 Å². The number of aromatic amines is 1. The van der Waals surface area contributed by atoms with Crippen LogP contribution in [-0.4, -0.2) is 29.7 Å². The highest BCUT2D eigenvalue weighted by Crippen LogP contribution is 2.29. The predicted molar refractivity (Wildman–Crippen MR) is 115 cm³/mol. The van der Waals surface area contributed by atoms with Crippen molar-refractivity contribution in [1.82, 2.24) is 9.97 Å². The molecule has 3 N–H and O–H groups in total. The highest BCUT2D eigenvalue weighted by Gasteiger charge is 2.16. The molecule has 1 fully saturated rings. The topological polar surface area (TPSA) is 62.0 Å². The van der Waals surface area contributed by atoms with E-state index in [9.17, 15) is 0 Å². The van der Waals surface area contributed by atoms with Crippen molar-refractivity contribution in [2.45, 2.75) is 38.1 Å². The molecule has 28 heavy (non-hydrogen) atoms. The maximum atomic E-state index is 5.18. The Morgan fingerprint density at radius 2 is 1.96 bits per heavy atom. The molecule has 4 rings (SSSR count). The molecule has 3 aromatic rings. The summed E-state index contributed by atoms with van der Waals surface area (Å²) in [5.41, 5.74) is 3.99. The van der Waals surface area contributed by atoms with Gasteiger partial charge >= 0.3 is 0 Å². The number of anilines is 2. The van der Waals surface area contributed by atoms with Gasteiger partial charge in [-0.2, -0.15) is 0 Å². The second kappa shape index (κ2) is 8.71. The first-order valence-electron chi connectivity index (χ1n) is 9.93. The maximum absolute atomic E-state index is 5.18. The summed E-state index contributed by atoms with van der Waals surface area (Å²) in [6.07, 6.45) is 10.2. The average Bonchev–Trinajstić information content (AvgIpc) is 3.23. The van der Waals surface area contributed by atoms with Crippen LogP contribution in [0.5, 0.6) is 5.75 Å². The zero-order chi connectivity index (χ0) is 19.2. The number of aromatic nitrogens is 2. The number of H-pyrrole nitrogens is 1. The lowest BCUT2D eigenvalue weighted by Gasteiger charge is -2.24. The SMILES string of the molecule is COc1ccc(NCC#Cc2cnc3[nH]ccc3c2NC2CCCCC2)cc1. The van der Waals surface area contributed by atoms with Gasteiger partial charge in [0.15, 0.2) is 0 Å². The van der Waals surface area contributed by atoms with Crippen LogP contribution in [0.15, 0.2) is 42.7 Å². The normalized spacial score (nSPS) is 14.3. The van der Waals surface area contributed by atoms with Gasteiger partial charge in [-0.3, -0.25) is 0 Å². The van der Waals surface area contributed by atoms with Crippen LogP contribution in [0.25, 0.3) is 11.0 Å². The number of hydrogen-bond acceptors (Lipinski definition) is 4. The van der Waals surface area contributed by atoms with Crippen molar-refractivity contribution >= 4 is 22.4 Å². The van der Waals surface area contributed by atoms with Gasteiger partial charge in [-0.05, 0) is 43.2 Å². The van der Waals surface area contributed by atoms with Crippen molar-refractivity contribution in [2.24, 2.45) is 0 Å². The third-order valence-electron chi connectivity index (χ3n) is 5.23. The van der Waals surface area contributed by atoms with E-state index in [0.717, 1.165) is 33.7 Å². The Bertz CT molecular complexity index is 975. The minimum Gasteiger partial charge on any atom is -0.497 e. The molecule has 1 aliphatic rings. The summed E-state index contributed by atoms with van der Waals surface area (Å²) in [6.45, 7) is 0.570. The van der Waals surface area contributed by atoms with E-state index in [0.29, 0.717) is 12.6 Å². The number of ether oxygens (including phenoxy) is 1. The Morgan fingerprint density at radius 1 is 1.14 bits per heavy atom. The van der Waals surface area contributed by atoms with Crippen LogP contribution in [0.4, 0.5) is 11.4 Å². The standard InChI is InChI=1S/C23H26N4O/c1-28-20-11-9-18(10-12-20)24-14-5-6-17-16-26-23-21(13-15-25-23)22(17)27-19-7-3-2-4-8-19/h9-13,15-16,19,24H,2-4,7-8,14H2,1H3,(H2,25,26,27). The Balaban J connectivity index is 1.49. The minimum atomic E-state index is 0.521. The molecule has 1 saturated carbocycles. The van der Waals surface area contributed by atoms with Crippen molar-refractivity contribution < 1.29 is 4.74 Å². The molecular formula is C23H26N4O. The third kappa shape index (κ3) is 4.23. The number of rotatable bonds is 5. The molecule has 0 unspecified atom stereocenters. The van der Waals surface area contributed by atoms with E-state index in [4.69, 9.17) is 4.74 Å². The summed E-state index contributed by atoms with van der Waals surface area (Å²) in [4.78, 5) is 7.72. The Hall–Kier alpha value is -3.13. The van der Waals surface area contributed by atoms with Crippen molar-refractivity contribution in [3.05, 3.63) is 48.3 Å². The molecule has 144 valence electrons. The Morgan fingerprint density at radius 3 is 2.75 bits per heavy atom. The molecule has 0 aliphatic heterocycles. The number of pyridine rings is 1. The Labute approximate surface area is 165 Å². The molecule has 2 heterocycles. The molecule has 0 radical (unpaired) electrons. The second-order valence-corrected chi connectivity index (χ2v) is 7.15. The number of benzene rings is 1. The van der Waals surface area contributed by atoms with E-state index in [2.05, 4.69) is 38.5 Å². The quantitative estimate of drug-likeness (QED) is 0.563. The Kier molecular flexibility index (Phi) is 5.67. The first-order valence-corrected chi connectivity index (χ1v) is 9.93. The summed E-state index contributed by atoms with van der Waals surface area (Å²) in [7, 11) is 1.67. The van der Waals surface area contributed by atoms with E-state index in [1.54, 1.807) is 7.11 Å². The molecule has 5 heteroatoms. The van der Waals surface area contributed by atoms with Gasteiger partial charge in [-0.1, -0.05) is 31.1 Å². The predicted octanol–water partition coefficient (Wildman–Crippen LogP) is 4.78. The van der Waals surface area contributed by atoms with Gasteiger partial charge in [-0.15, -0.1) is 0 Å². The fourth-order valence-corrected chi connectivity index (χ4v) is 3.70. The largest absolute Gasteiger partial charge is 0.497 e. The smallest absolute Gasteiger partial charge is 0.139 e. The molecule has 1 aliphatic carbocycles. The fraction of sp³-hybridized carbons (Fsp3) is 0.348. The van der Waals surface area contributed by atoms with E-state index in [1.165, 1.54) is 32.1 Å². The zero-order valence-electron chi connectivity index (χ0n) is 16.2. The lowest BCUT2D eigenvalue weighted by Crippen LogP contribution is -2.23. The molecule has 0 amide bonds. The van der Waals surface area contributed by atoms with Crippen molar-refractivity contribution in [1.29, 1.82) is 0 Å². The molecule has 2 aromatic heterocycles. The van der Waals surface area contributed by atoms with Crippen LogP contribution >= 0.6 is 0 Å². The van der Waals surface area contributed by atoms with E-state index >= 15 is 0 Å². The average molecular weight is 374 g/mol. The number of methoxy groups -OCH3 is 1. The molecule has 1 aromatic carbocycles. The van der Waals surface area contributed by atoms with Crippen LogP contribution in [-0.2, 0) is 0 Å². The lowest BCUT2D eigenvalue weighted by molar-refractivity contribution is 0.415.